The van der Waals surface area contributed by atoms with Gasteiger partial charge in [0, 0.05) is 42.3 Å². The van der Waals surface area contributed by atoms with E-state index >= 15 is 0 Å². The first-order chi connectivity index (χ1) is 14.0. The average molecular weight is 414 g/mol. The summed E-state index contributed by atoms with van der Waals surface area (Å²) in [7, 11) is 1.34. The number of pyridine rings is 1. The van der Waals surface area contributed by atoms with Gasteiger partial charge < -0.3 is 14.6 Å². The maximum Gasteiger partial charge on any atom is 0.311 e. The van der Waals surface area contributed by atoms with E-state index < -0.39 is 4.92 Å². The first kappa shape index (κ1) is 20.3. The summed E-state index contributed by atoms with van der Waals surface area (Å²) in [5, 5.41) is 22.7. The minimum atomic E-state index is -0.543. The molecule has 0 saturated heterocycles. The molecular weight excluding hydrogens is 396 g/mol. The Morgan fingerprint density at radius 1 is 1.28 bits per heavy atom. The molecule has 0 aliphatic rings. The van der Waals surface area contributed by atoms with Crippen LogP contribution in [0.15, 0.2) is 47.9 Å². The van der Waals surface area contributed by atoms with Gasteiger partial charge in [-0.2, -0.15) is 0 Å². The Bertz CT molecular complexity index is 1020. The van der Waals surface area contributed by atoms with Gasteiger partial charge in [-0.05, 0) is 25.1 Å². The van der Waals surface area contributed by atoms with E-state index in [-0.39, 0.29) is 23.1 Å². The van der Waals surface area contributed by atoms with Crippen LogP contribution in [0.25, 0.3) is 11.4 Å². The van der Waals surface area contributed by atoms with E-state index in [0.29, 0.717) is 23.2 Å². The molecule has 1 aromatic carbocycles. The third-order valence-corrected chi connectivity index (χ3v) is 4.93. The highest BCUT2D eigenvalue weighted by Crippen LogP contribution is 2.30. The quantitative estimate of drug-likeness (QED) is 0.339. The fourth-order valence-electron chi connectivity index (χ4n) is 2.63. The lowest BCUT2D eigenvalue weighted by Crippen LogP contribution is -2.14. The highest BCUT2D eigenvalue weighted by Gasteiger charge is 2.17. The molecule has 150 valence electrons. The zero-order chi connectivity index (χ0) is 20.8. The summed E-state index contributed by atoms with van der Waals surface area (Å²) in [5.74, 6) is 0.612. The fourth-order valence-corrected chi connectivity index (χ4v) is 3.43. The smallest absolute Gasteiger partial charge is 0.311 e. The SMILES string of the molecule is CCn1c(SCC(=O)Nc2ccc([N+](=O)[O-])c(OC)c2)nnc1-c1ccncc1. The minimum Gasteiger partial charge on any atom is -0.490 e. The van der Waals surface area contributed by atoms with Crippen LogP contribution in [-0.2, 0) is 11.3 Å². The summed E-state index contributed by atoms with van der Waals surface area (Å²) in [6.45, 7) is 2.62. The Hall–Kier alpha value is -3.47. The van der Waals surface area contributed by atoms with Gasteiger partial charge in [-0.1, -0.05) is 11.8 Å². The van der Waals surface area contributed by atoms with Crippen molar-refractivity contribution in [3.63, 3.8) is 0 Å². The lowest BCUT2D eigenvalue weighted by Gasteiger charge is -2.09. The number of nitro groups is 1. The molecule has 3 aromatic rings. The number of ether oxygens (including phenoxy) is 1. The number of thioether (sulfide) groups is 1. The molecule has 0 aliphatic carbocycles. The van der Waals surface area contributed by atoms with Gasteiger partial charge in [0.2, 0.25) is 5.91 Å². The van der Waals surface area contributed by atoms with E-state index in [9.17, 15) is 14.9 Å². The molecular formula is C18H18N6O4S. The molecule has 0 unspecified atom stereocenters. The summed E-state index contributed by atoms with van der Waals surface area (Å²) in [4.78, 5) is 26.7. The van der Waals surface area contributed by atoms with Crippen molar-refractivity contribution in [1.29, 1.82) is 0 Å². The molecule has 2 heterocycles. The van der Waals surface area contributed by atoms with Crippen LogP contribution in [-0.4, -0.2) is 43.4 Å². The van der Waals surface area contributed by atoms with Crippen molar-refractivity contribution in [3.8, 4) is 17.1 Å². The van der Waals surface area contributed by atoms with Crippen molar-refractivity contribution in [2.75, 3.05) is 18.2 Å². The van der Waals surface area contributed by atoms with Crippen LogP contribution >= 0.6 is 11.8 Å². The number of aromatic nitrogens is 4. The third-order valence-electron chi connectivity index (χ3n) is 3.96. The summed E-state index contributed by atoms with van der Waals surface area (Å²) >= 11 is 1.25. The maximum absolute atomic E-state index is 12.3. The first-order valence-electron chi connectivity index (χ1n) is 8.62. The second-order valence-corrected chi connectivity index (χ2v) is 6.71. The number of nitrogens with one attached hydrogen (secondary N) is 1. The maximum atomic E-state index is 12.3. The predicted molar refractivity (Wildman–Crippen MR) is 108 cm³/mol. The van der Waals surface area contributed by atoms with Crippen molar-refractivity contribution in [2.24, 2.45) is 0 Å². The second kappa shape index (κ2) is 9.15. The molecule has 3 rings (SSSR count). The van der Waals surface area contributed by atoms with E-state index in [2.05, 4.69) is 20.5 Å². The van der Waals surface area contributed by atoms with E-state index in [1.165, 1.54) is 37.1 Å². The number of carbonyl (C=O) groups excluding carboxylic acids is 1. The molecule has 0 bridgehead atoms. The van der Waals surface area contributed by atoms with Gasteiger partial charge in [0.25, 0.3) is 0 Å². The van der Waals surface area contributed by atoms with Gasteiger partial charge >= 0.3 is 5.69 Å². The lowest BCUT2D eigenvalue weighted by molar-refractivity contribution is -0.385. The van der Waals surface area contributed by atoms with Crippen LogP contribution in [0.1, 0.15) is 6.92 Å². The molecule has 10 nitrogen and oxygen atoms in total. The number of carbonyl (C=O) groups is 1. The van der Waals surface area contributed by atoms with Crippen molar-refractivity contribution in [2.45, 2.75) is 18.6 Å². The van der Waals surface area contributed by atoms with Gasteiger partial charge in [0.1, 0.15) is 0 Å². The molecule has 0 fully saturated rings. The molecule has 0 radical (unpaired) electrons. The Balaban J connectivity index is 1.67. The Kier molecular flexibility index (Phi) is 6.39. The summed E-state index contributed by atoms with van der Waals surface area (Å²) < 4.78 is 6.93. The minimum absolute atomic E-state index is 0.0770. The van der Waals surface area contributed by atoms with Gasteiger partial charge in [0.05, 0.1) is 17.8 Å². The average Bonchev–Trinajstić information content (AvgIpc) is 3.15. The number of anilines is 1. The van der Waals surface area contributed by atoms with Crippen molar-refractivity contribution < 1.29 is 14.5 Å². The molecule has 0 saturated carbocycles. The number of amides is 1. The van der Waals surface area contributed by atoms with Crippen molar-refractivity contribution in [1.82, 2.24) is 19.7 Å². The monoisotopic (exact) mass is 414 g/mol. The van der Waals surface area contributed by atoms with Crippen LogP contribution in [0, 0.1) is 10.1 Å². The number of hydrogen-bond acceptors (Lipinski definition) is 8. The topological polar surface area (TPSA) is 125 Å². The molecule has 0 spiro atoms. The number of rotatable bonds is 8. The zero-order valence-electron chi connectivity index (χ0n) is 15.7. The van der Waals surface area contributed by atoms with Crippen LogP contribution in [0.3, 0.4) is 0 Å². The molecule has 29 heavy (non-hydrogen) atoms. The third kappa shape index (κ3) is 4.69. The number of nitro benzene ring substituents is 1. The fraction of sp³-hybridized carbons (Fsp3) is 0.222. The highest BCUT2D eigenvalue weighted by molar-refractivity contribution is 7.99. The van der Waals surface area contributed by atoms with Gasteiger partial charge in [0.15, 0.2) is 16.7 Å². The van der Waals surface area contributed by atoms with Crippen molar-refractivity contribution in [3.05, 3.63) is 52.8 Å². The van der Waals surface area contributed by atoms with Gasteiger partial charge in [-0.15, -0.1) is 10.2 Å². The summed E-state index contributed by atoms with van der Waals surface area (Å²) in [6, 6.07) is 7.85. The second-order valence-electron chi connectivity index (χ2n) is 5.77. The Labute approximate surface area is 170 Å². The van der Waals surface area contributed by atoms with Gasteiger partial charge in [-0.25, -0.2) is 0 Å². The number of nitrogens with zero attached hydrogens (tertiary/aromatic N) is 5. The Morgan fingerprint density at radius 2 is 2.03 bits per heavy atom. The molecule has 0 atom stereocenters. The molecule has 1 N–H and O–H groups in total. The number of methoxy groups -OCH3 is 1. The predicted octanol–water partition coefficient (Wildman–Crippen LogP) is 3.01. The molecule has 1 amide bonds. The van der Waals surface area contributed by atoms with Crippen LogP contribution in [0.2, 0.25) is 0 Å². The zero-order valence-corrected chi connectivity index (χ0v) is 16.5. The number of hydrogen-bond donors (Lipinski definition) is 1. The van der Waals surface area contributed by atoms with Gasteiger partial charge in [-0.3, -0.25) is 19.9 Å². The lowest BCUT2D eigenvalue weighted by atomic mass is 10.2. The van der Waals surface area contributed by atoms with E-state index in [1.54, 1.807) is 12.4 Å². The van der Waals surface area contributed by atoms with Crippen LogP contribution < -0.4 is 10.1 Å². The first-order valence-corrected chi connectivity index (χ1v) is 9.60. The Morgan fingerprint density at radius 3 is 2.69 bits per heavy atom. The van der Waals surface area contributed by atoms with Crippen molar-refractivity contribution >= 4 is 29.0 Å². The van der Waals surface area contributed by atoms with E-state index in [1.807, 2.05) is 23.6 Å². The normalized spacial score (nSPS) is 10.6. The standard InChI is InChI=1S/C18H18N6O4S/c1-3-23-17(12-6-8-19-9-7-12)21-22-18(23)29-11-16(25)20-13-4-5-14(24(26)27)15(10-13)28-2/h4-10H,3,11H2,1-2H3,(H,20,25). The highest BCUT2D eigenvalue weighted by atomic mass is 32.2. The summed E-state index contributed by atoms with van der Waals surface area (Å²) in [5.41, 5.74) is 1.13. The van der Waals surface area contributed by atoms with E-state index in [0.717, 1.165) is 5.56 Å². The molecule has 11 heteroatoms. The molecule has 0 aliphatic heterocycles. The molecule has 2 aromatic heterocycles. The number of benzene rings is 1. The summed E-state index contributed by atoms with van der Waals surface area (Å²) in [6.07, 6.45) is 3.37. The van der Waals surface area contributed by atoms with Crippen LogP contribution in [0.4, 0.5) is 11.4 Å². The van der Waals surface area contributed by atoms with E-state index in [4.69, 9.17) is 4.74 Å². The largest absolute Gasteiger partial charge is 0.490 e. The van der Waals surface area contributed by atoms with Crippen LogP contribution in [0.5, 0.6) is 5.75 Å².